The normalized spacial score (nSPS) is 10.6. The molecule has 0 aliphatic carbocycles. The zero-order valence-electron chi connectivity index (χ0n) is 12.1. The highest BCUT2D eigenvalue weighted by Crippen LogP contribution is 2.24. The number of ketones is 1. The van der Waals surface area contributed by atoms with Crippen LogP contribution in [-0.4, -0.2) is 5.78 Å². The number of halogens is 1. The molecule has 0 spiro atoms. The van der Waals surface area contributed by atoms with E-state index < -0.39 is 0 Å². The number of hydrogen-bond acceptors (Lipinski definition) is 2. The van der Waals surface area contributed by atoms with Gasteiger partial charge >= 0.3 is 0 Å². The Balaban J connectivity index is 1.93. The Kier molecular flexibility index (Phi) is 6.00. The fraction of sp³-hybridized carbons (Fsp3) is 0.278. The highest BCUT2D eigenvalue weighted by molar-refractivity contribution is 7.98. The van der Waals surface area contributed by atoms with Gasteiger partial charge in [-0.2, -0.15) is 0 Å². The van der Waals surface area contributed by atoms with E-state index in [4.69, 9.17) is 0 Å². The SMILES string of the molecule is CCCCC(=O)c1ccc(SCc2ccccc2F)cc1. The molecule has 0 saturated carbocycles. The maximum atomic E-state index is 13.5. The van der Waals surface area contributed by atoms with Crippen LogP contribution in [0.5, 0.6) is 0 Å². The Bertz CT molecular complexity index is 592. The molecule has 2 rings (SSSR count). The molecule has 110 valence electrons. The van der Waals surface area contributed by atoms with Crippen molar-refractivity contribution in [3.63, 3.8) is 0 Å². The lowest BCUT2D eigenvalue weighted by atomic mass is 10.1. The molecule has 0 radical (unpaired) electrons. The van der Waals surface area contributed by atoms with Crippen LogP contribution in [0.3, 0.4) is 0 Å². The van der Waals surface area contributed by atoms with E-state index in [-0.39, 0.29) is 11.6 Å². The van der Waals surface area contributed by atoms with E-state index >= 15 is 0 Å². The largest absolute Gasteiger partial charge is 0.294 e. The molecule has 0 aliphatic heterocycles. The Morgan fingerprint density at radius 3 is 2.48 bits per heavy atom. The van der Waals surface area contributed by atoms with Crippen LogP contribution in [0, 0.1) is 5.82 Å². The number of hydrogen-bond donors (Lipinski definition) is 0. The Morgan fingerprint density at radius 2 is 1.81 bits per heavy atom. The maximum absolute atomic E-state index is 13.5. The average Bonchev–Trinajstić information content (AvgIpc) is 2.52. The van der Waals surface area contributed by atoms with Crippen molar-refractivity contribution in [2.24, 2.45) is 0 Å². The predicted octanol–water partition coefficient (Wildman–Crippen LogP) is 5.49. The van der Waals surface area contributed by atoms with Crippen molar-refractivity contribution in [3.8, 4) is 0 Å². The first kappa shape index (κ1) is 15.8. The van der Waals surface area contributed by atoms with Crippen molar-refractivity contribution >= 4 is 17.5 Å². The minimum absolute atomic E-state index is 0.170. The molecule has 0 amide bonds. The molecule has 2 aromatic carbocycles. The summed E-state index contributed by atoms with van der Waals surface area (Å²) < 4.78 is 13.5. The molecule has 1 nitrogen and oxygen atoms in total. The van der Waals surface area contributed by atoms with E-state index in [9.17, 15) is 9.18 Å². The van der Waals surface area contributed by atoms with Gasteiger partial charge < -0.3 is 0 Å². The minimum Gasteiger partial charge on any atom is -0.294 e. The number of carbonyl (C=O) groups is 1. The van der Waals surface area contributed by atoms with E-state index in [0.717, 1.165) is 23.3 Å². The van der Waals surface area contributed by atoms with Crippen molar-refractivity contribution in [2.45, 2.75) is 36.8 Å². The third-order valence-electron chi connectivity index (χ3n) is 3.29. The van der Waals surface area contributed by atoms with Gasteiger partial charge in [-0.1, -0.05) is 43.7 Å². The van der Waals surface area contributed by atoms with Crippen LogP contribution in [-0.2, 0) is 5.75 Å². The molecule has 0 atom stereocenters. The number of carbonyl (C=O) groups excluding carboxylic acids is 1. The lowest BCUT2D eigenvalue weighted by molar-refractivity contribution is 0.0979. The van der Waals surface area contributed by atoms with Gasteiger partial charge in [0.1, 0.15) is 5.82 Å². The van der Waals surface area contributed by atoms with Crippen LogP contribution in [0.2, 0.25) is 0 Å². The molecule has 0 unspecified atom stereocenters. The summed E-state index contributed by atoms with van der Waals surface area (Å²) in [6.45, 7) is 2.08. The molecule has 0 aromatic heterocycles. The second kappa shape index (κ2) is 7.99. The summed E-state index contributed by atoms with van der Waals surface area (Å²) >= 11 is 1.57. The third kappa shape index (κ3) is 4.71. The van der Waals surface area contributed by atoms with Gasteiger partial charge in [0.2, 0.25) is 0 Å². The Morgan fingerprint density at radius 1 is 1.10 bits per heavy atom. The number of thioether (sulfide) groups is 1. The second-order valence-corrected chi connectivity index (χ2v) is 5.98. The van der Waals surface area contributed by atoms with Gasteiger partial charge in [0, 0.05) is 22.6 Å². The highest BCUT2D eigenvalue weighted by atomic mass is 32.2. The van der Waals surface area contributed by atoms with Crippen molar-refractivity contribution in [1.29, 1.82) is 0 Å². The van der Waals surface area contributed by atoms with Crippen LogP contribution in [0.4, 0.5) is 4.39 Å². The topological polar surface area (TPSA) is 17.1 Å². The number of Topliss-reactive ketones (excluding diaryl/α,β-unsaturated/α-hetero) is 1. The molecule has 0 fully saturated rings. The average molecular weight is 302 g/mol. The zero-order chi connectivity index (χ0) is 15.1. The van der Waals surface area contributed by atoms with Crippen molar-refractivity contribution in [3.05, 3.63) is 65.5 Å². The lowest BCUT2D eigenvalue weighted by Gasteiger charge is -2.05. The standard InChI is InChI=1S/C18H19FOS/c1-2-3-8-18(20)14-9-11-16(12-10-14)21-13-15-6-4-5-7-17(15)19/h4-7,9-12H,2-3,8,13H2,1H3. The van der Waals surface area contributed by atoms with E-state index in [2.05, 4.69) is 6.92 Å². The smallest absolute Gasteiger partial charge is 0.162 e. The molecule has 0 saturated heterocycles. The first-order chi connectivity index (χ1) is 10.2. The summed E-state index contributed by atoms with van der Waals surface area (Å²) in [5, 5.41) is 0. The van der Waals surface area contributed by atoms with Gasteiger partial charge in [0.15, 0.2) is 5.78 Å². The van der Waals surface area contributed by atoms with E-state index in [1.807, 2.05) is 30.3 Å². The van der Waals surface area contributed by atoms with Gasteiger partial charge in [-0.3, -0.25) is 4.79 Å². The predicted molar refractivity (Wildman–Crippen MR) is 86.3 cm³/mol. The molecule has 0 heterocycles. The Labute approximate surface area is 129 Å². The first-order valence-electron chi connectivity index (χ1n) is 7.20. The maximum Gasteiger partial charge on any atom is 0.162 e. The zero-order valence-corrected chi connectivity index (χ0v) is 13.0. The van der Waals surface area contributed by atoms with Crippen molar-refractivity contribution in [2.75, 3.05) is 0 Å². The van der Waals surface area contributed by atoms with Crippen molar-refractivity contribution in [1.82, 2.24) is 0 Å². The molecule has 3 heteroatoms. The minimum atomic E-state index is -0.170. The lowest BCUT2D eigenvalue weighted by Crippen LogP contribution is -1.98. The molecular weight excluding hydrogens is 283 g/mol. The summed E-state index contributed by atoms with van der Waals surface area (Å²) in [4.78, 5) is 12.9. The third-order valence-corrected chi connectivity index (χ3v) is 4.35. The van der Waals surface area contributed by atoms with Gasteiger partial charge in [-0.25, -0.2) is 4.39 Å². The fourth-order valence-electron chi connectivity index (χ4n) is 2.00. The quantitative estimate of drug-likeness (QED) is 0.497. The molecule has 0 N–H and O–H groups in total. The van der Waals surface area contributed by atoms with Gasteiger partial charge in [-0.05, 0) is 30.2 Å². The Hall–Kier alpha value is -1.61. The van der Waals surface area contributed by atoms with Gasteiger partial charge in [0.05, 0.1) is 0 Å². The molecule has 0 aliphatic rings. The summed E-state index contributed by atoms with van der Waals surface area (Å²) in [5.41, 5.74) is 1.46. The van der Waals surface area contributed by atoms with E-state index in [0.29, 0.717) is 17.7 Å². The van der Waals surface area contributed by atoms with Crippen LogP contribution in [0.15, 0.2) is 53.4 Å². The summed E-state index contributed by atoms with van der Waals surface area (Å²) in [6.07, 6.45) is 2.57. The monoisotopic (exact) mass is 302 g/mol. The van der Waals surface area contributed by atoms with Gasteiger partial charge in [-0.15, -0.1) is 11.8 Å². The molecular formula is C18H19FOS. The van der Waals surface area contributed by atoms with Gasteiger partial charge in [0.25, 0.3) is 0 Å². The summed E-state index contributed by atoms with van der Waals surface area (Å²) in [5.74, 6) is 0.620. The first-order valence-corrected chi connectivity index (χ1v) is 8.18. The van der Waals surface area contributed by atoms with Crippen LogP contribution in [0.1, 0.15) is 42.1 Å². The number of unbranched alkanes of at least 4 members (excludes halogenated alkanes) is 1. The van der Waals surface area contributed by atoms with Crippen LogP contribution >= 0.6 is 11.8 Å². The summed E-state index contributed by atoms with van der Waals surface area (Å²) in [6, 6.07) is 14.4. The van der Waals surface area contributed by atoms with E-state index in [1.54, 1.807) is 23.9 Å². The summed E-state index contributed by atoms with van der Waals surface area (Å²) in [7, 11) is 0. The number of benzene rings is 2. The van der Waals surface area contributed by atoms with Crippen molar-refractivity contribution < 1.29 is 9.18 Å². The highest BCUT2D eigenvalue weighted by Gasteiger charge is 2.06. The number of rotatable bonds is 7. The fourth-order valence-corrected chi connectivity index (χ4v) is 2.88. The molecule has 21 heavy (non-hydrogen) atoms. The van der Waals surface area contributed by atoms with Crippen LogP contribution in [0.25, 0.3) is 0 Å². The van der Waals surface area contributed by atoms with Crippen LogP contribution < -0.4 is 0 Å². The molecule has 2 aromatic rings. The van der Waals surface area contributed by atoms with E-state index in [1.165, 1.54) is 6.07 Å². The second-order valence-electron chi connectivity index (χ2n) is 4.93. The molecule has 0 bridgehead atoms.